The molecule has 1 saturated heterocycles. The van der Waals surface area contributed by atoms with Crippen molar-refractivity contribution in [3.05, 3.63) is 34.1 Å². The van der Waals surface area contributed by atoms with Crippen LogP contribution in [0.1, 0.15) is 25.8 Å². The summed E-state index contributed by atoms with van der Waals surface area (Å²) in [6, 6.07) is 4.84. The molecule has 1 N–H and O–H groups in total. The summed E-state index contributed by atoms with van der Waals surface area (Å²) in [5, 5.41) is 3.27. The van der Waals surface area contributed by atoms with E-state index in [1.54, 1.807) is 17.0 Å². The number of halogens is 3. The van der Waals surface area contributed by atoms with E-state index in [0.717, 1.165) is 11.0 Å². The second-order valence-corrected chi connectivity index (χ2v) is 6.70. The number of amides is 1. The van der Waals surface area contributed by atoms with Crippen LogP contribution in [0.2, 0.25) is 0 Å². The lowest BCUT2D eigenvalue weighted by molar-refractivity contribution is -0.134. The molecule has 0 saturated carbocycles. The van der Waals surface area contributed by atoms with Gasteiger partial charge in [0.1, 0.15) is 5.82 Å². The molecule has 1 fully saturated rings. The van der Waals surface area contributed by atoms with Crippen LogP contribution in [0, 0.1) is 5.82 Å². The number of morpholine rings is 1. The molecule has 1 aliphatic heterocycles. The second-order valence-electron chi connectivity index (χ2n) is 5.78. The summed E-state index contributed by atoms with van der Waals surface area (Å²) in [5.74, 6) is -0.279. The van der Waals surface area contributed by atoms with Crippen molar-refractivity contribution in [2.24, 2.45) is 0 Å². The molecule has 130 valence electrons. The average Bonchev–Trinajstić information content (AvgIpc) is 2.48. The molecule has 1 atom stereocenters. The number of nitrogens with one attached hydrogen (secondary N) is 1. The largest absolute Gasteiger partial charge is 0.378 e. The summed E-state index contributed by atoms with van der Waals surface area (Å²) >= 11 is 3.34. The first-order chi connectivity index (χ1) is 10.5. The first kappa shape index (κ1) is 20.4. The van der Waals surface area contributed by atoms with E-state index in [0.29, 0.717) is 25.2 Å². The molecule has 0 radical (unpaired) electrons. The van der Waals surface area contributed by atoms with Crippen molar-refractivity contribution >= 4 is 34.2 Å². The van der Waals surface area contributed by atoms with Gasteiger partial charge in [0.2, 0.25) is 5.91 Å². The van der Waals surface area contributed by atoms with Crippen LogP contribution < -0.4 is 5.32 Å². The van der Waals surface area contributed by atoms with Gasteiger partial charge in [-0.05, 0) is 32.0 Å². The summed E-state index contributed by atoms with van der Waals surface area (Å²) in [6.45, 7) is 6.15. The number of benzene rings is 1. The van der Waals surface area contributed by atoms with E-state index in [4.69, 9.17) is 4.74 Å². The fourth-order valence-corrected chi connectivity index (χ4v) is 2.89. The van der Waals surface area contributed by atoms with Gasteiger partial charge in [0.15, 0.2) is 0 Å². The minimum atomic E-state index is -0.291. The lowest BCUT2D eigenvalue weighted by Crippen LogP contribution is -2.46. The molecule has 0 aliphatic carbocycles. The van der Waals surface area contributed by atoms with Crippen LogP contribution in [0.15, 0.2) is 22.7 Å². The van der Waals surface area contributed by atoms with Gasteiger partial charge in [0.05, 0.1) is 13.2 Å². The molecule has 4 nitrogen and oxygen atoms in total. The predicted octanol–water partition coefficient (Wildman–Crippen LogP) is 3.13. The Balaban J connectivity index is 0.00000264. The van der Waals surface area contributed by atoms with E-state index in [1.165, 1.54) is 6.07 Å². The van der Waals surface area contributed by atoms with Crippen molar-refractivity contribution in [2.75, 3.05) is 19.8 Å². The summed E-state index contributed by atoms with van der Waals surface area (Å²) in [4.78, 5) is 14.3. The molecule has 1 unspecified atom stereocenters. The summed E-state index contributed by atoms with van der Waals surface area (Å²) < 4.78 is 20.1. The van der Waals surface area contributed by atoms with Crippen molar-refractivity contribution in [1.82, 2.24) is 10.2 Å². The molecule has 0 bridgehead atoms. The highest BCUT2D eigenvalue weighted by Gasteiger charge is 2.23. The van der Waals surface area contributed by atoms with E-state index < -0.39 is 0 Å². The van der Waals surface area contributed by atoms with Gasteiger partial charge < -0.3 is 15.0 Å². The summed E-state index contributed by atoms with van der Waals surface area (Å²) in [7, 11) is 0. The number of rotatable bonds is 5. The smallest absolute Gasteiger partial charge is 0.224 e. The standard InChI is InChI=1S/C16H22BrFN2O2.ClH/c1-11(2)20(9-12-7-13(17)3-4-15(12)18)16(21)8-14-10-22-6-5-19-14;/h3-4,7,11,14,19H,5-6,8-10H2,1-2H3;1H. The lowest BCUT2D eigenvalue weighted by Gasteiger charge is -2.30. The first-order valence-electron chi connectivity index (χ1n) is 7.52. The van der Waals surface area contributed by atoms with Crippen molar-refractivity contribution in [2.45, 2.75) is 38.9 Å². The van der Waals surface area contributed by atoms with Gasteiger partial charge in [-0.3, -0.25) is 4.79 Å². The fourth-order valence-electron chi connectivity index (χ4n) is 2.49. The van der Waals surface area contributed by atoms with Crippen LogP contribution in [0.5, 0.6) is 0 Å². The highest BCUT2D eigenvalue weighted by atomic mass is 79.9. The molecule has 1 aromatic carbocycles. The van der Waals surface area contributed by atoms with Gasteiger partial charge in [0.25, 0.3) is 0 Å². The Kier molecular flexibility index (Phi) is 8.47. The summed E-state index contributed by atoms with van der Waals surface area (Å²) in [5.41, 5.74) is 0.518. The molecule has 1 aliphatic rings. The molecule has 0 aromatic heterocycles. The first-order valence-corrected chi connectivity index (χ1v) is 8.31. The van der Waals surface area contributed by atoms with Gasteiger partial charge >= 0.3 is 0 Å². The van der Waals surface area contributed by atoms with Gasteiger partial charge in [-0.2, -0.15) is 0 Å². The van der Waals surface area contributed by atoms with E-state index in [1.807, 2.05) is 13.8 Å². The highest BCUT2D eigenvalue weighted by molar-refractivity contribution is 9.10. The number of nitrogens with zero attached hydrogens (tertiary/aromatic N) is 1. The molecular formula is C16H23BrClFN2O2. The maximum atomic E-state index is 13.9. The molecule has 2 rings (SSSR count). The van der Waals surface area contributed by atoms with Crippen LogP contribution in [0.4, 0.5) is 4.39 Å². The van der Waals surface area contributed by atoms with Crippen LogP contribution in [0.25, 0.3) is 0 Å². The second kappa shape index (κ2) is 9.57. The maximum Gasteiger partial charge on any atom is 0.224 e. The molecular weight excluding hydrogens is 387 g/mol. The van der Waals surface area contributed by atoms with Crippen molar-refractivity contribution < 1.29 is 13.9 Å². The Bertz CT molecular complexity index is 525. The predicted molar refractivity (Wildman–Crippen MR) is 94.3 cm³/mol. The van der Waals surface area contributed by atoms with Crippen LogP contribution in [-0.2, 0) is 16.1 Å². The Morgan fingerprint density at radius 3 is 2.87 bits per heavy atom. The van der Waals surface area contributed by atoms with E-state index >= 15 is 0 Å². The van der Waals surface area contributed by atoms with Crippen LogP contribution in [0.3, 0.4) is 0 Å². The van der Waals surface area contributed by atoms with Crippen LogP contribution in [-0.4, -0.2) is 42.6 Å². The van der Waals surface area contributed by atoms with Crippen molar-refractivity contribution in [3.8, 4) is 0 Å². The van der Waals surface area contributed by atoms with E-state index in [2.05, 4.69) is 21.2 Å². The number of hydrogen-bond donors (Lipinski definition) is 1. The monoisotopic (exact) mass is 408 g/mol. The van der Waals surface area contributed by atoms with Crippen molar-refractivity contribution in [1.29, 1.82) is 0 Å². The molecule has 0 spiro atoms. The Labute approximate surface area is 151 Å². The number of carbonyl (C=O) groups excluding carboxylic acids is 1. The quantitative estimate of drug-likeness (QED) is 0.812. The fraction of sp³-hybridized carbons (Fsp3) is 0.562. The molecule has 1 heterocycles. The molecule has 23 heavy (non-hydrogen) atoms. The normalized spacial score (nSPS) is 17.7. The summed E-state index contributed by atoms with van der Waals surface area (Å²) in [6.07, 6.45) is 0.369. The van der Waals surface area contributed by atoms with Gasteiger partial charge in [-0.1, -0.05) is 15.9 Å². The Hall–Kier alpha value is -0.690. The zero-order valence-corrected chi connectivity index (χ0v) is 15.8. The lowest BCUT2D eigenvalue weighted by atomic mass is 10.1. The SMILES string of the molecule is CC(C)N(Cc1cc(Br)ccc1F)C(=O)CC1COCCN1.Cl. The Morgan fingerprint density at radius 1 is 1.52 bits per heavy atom. The van der Waals surface area contributed by atoms with Gasteiger partial charge in [0, 0.05) is 41.6 Å². The minimum absolute atomic E-state index is 0. The number of carbonyl (C=O) groups is 1. The average molecular weight is 410 g/mol. The molecule has 7 heteroatoms. The third-order valence-electron chi connectivity index (χ3n) is 3.71. The van der Waals surface area contributed by atoms with E-state index in [9.17, 15) is 9.18 Å². The van der Waals surface area contributed by atoms with Gasteiger partial charge in [-0.25, -0.2) is 4.39 Å². The number of hydrogen-bond acceptors (Lipinski definition) is 3. The van der Waals surface area contributed by atoms with Crippen LogP contribution >= 0.6 is 28.3 Å². The number of ether oxygens (including phenoxy) is 1. The highest BCUT2D eigenvalue weighted by Crippen LogP contribution is 2.19. The third kappa shape index (κ3) is 6.03. The maximum absolute atomic E-state index is 13.9. The topological polar surface area (TPSA) is 41.6 Å². The van der Waals surface area contributed by atoms with E-state index in [-0.39, 0.29) is 42.8 Å². The zero-order valence-electron chi connectivity index (χ0n) is 13.4. The molecule has 1 amide bonds. The minimum Gasteiger partial charge on any atom is -0.378 e. The Morgan fingerprint density at radius 2 is 2.26 bits per heavy atom. The molecule has 1 aromatic rings. The van der Waals surface area contributed by atoms with Crippen molar-refractivity contribution in [3.63, 3.8) is 0 Å². The third-order valence-corrected chi connectivity index (χ3v) is 4.20. The zero-order chi connectivity index (χ0) is 16.1. The van der Waals surface area contributed by atoms with Gasteiger partial charge in [-0.15, -0.1) is 12.4 Å².